The van der Waals surface area contributed by atoms with E-state index in [1.165, 1.54) is 24.3 Å². The van der Waals surface area contributed by atoms with Crippen LogP contribution < -0.4 is 0 Å². The van der Waals surface area contributed by atoms with Crippen molar-refractivity contribution in [2.45, 2.75) is 33.3 Å². The van der Waals surface area contributed by atoms with E-state index in [0.29, 0.717) is 5.56 Å². The van der Waals surface area contributed by atoms with Crippen LogP contribution in [0.3, 0.4) is 0 Å². The van der Waals surface area contributed by atoms with Crippen molar-refractivity contribution in [3.63, 3.8) is 0 Å². The summed E-state index contributed by atoms with van der Waals surface area (Å²) in [5.74, 6) is -0.102. The number of hydrogen-bond acceptors (Lipinski definition) is 8. The molecule has 28 heavy (non-hydrogen) atoms. The van der Waals surface area contributed by atoms with Crippen molar-refractivity contribution in [3.8, 4) is 11.5 Å². The van der Waals surface area contributed by atoms with E-state index in [9.17, 15) is 14.9 Å². The monoisotopic (exact) mass is 385 g/mol. The minimum atomic E-state index is -0.732. The van der Waals surface area contributed by atoms with Gasteiger partial charge in [-0.1, -0.05) is 0 Å². The first kappa shape index (κ1) is 19.2. The largest absolute Gasteiger partial charge is 0.452 e. The summed E-state index contributed by atoms with van der Waals surface area (Å²) in [5, 5.41) is 22.8. The number of nitrogens with zero attached hydrogens (tertiary/aromatic N) is 5. The van der Waals surface area contributed by atoms with Gasteiger partial charge in [0.2, 0.25) is 5.89 Å². The average molecular weight is 385 g/mol. The summed E-state index contributed by atoms with van der Waals surface area (Å²) < 4.78 is 12.7. The van der Waals surface area contributed by atoms with Crippen LogP contribution in [-0.4, -0.2) is 30.9 Å². The topological polar surface area (TPSA) is 126 Å². The third-order valence-electron chi connectivity index (χ3n) is 4.40. The third kappa shape index (κ3) is 3.90. The number of non-ortho nitro benzene ring substituents is 1. The maximum absolute atomic E-state index is 12.3. The Bertz CT molecular complexity index is 1020. The molecular formula is C18H19N5O5. The molecule has 0 saturated carbocycles. The number of ether oxygens (including phenoxy) is 1. The van der Waals surface area contributed by atoms with Gasteiger partial charge in [-0.3, -0.25) is 19.6 Å². The van der Waals surface area contributed by atoms with Gasteiger partial charge in [-0.25, -0.2) is 0 Å². The number of carbonyl (C=O) groups excluding carboxylic acids is 1. The Morgan fingerprint density at radius 1 is 1.29 bits per heavy atom. The summed E-state index contributed by atoms with van der Waals surface area (Å²) in [5.41, 5.74) is 3.01. The summed E-state index contributed by atoms with van der Waals surface area (Å²) in [6.07, 6.45) is -0.636. The van der Waals surface area contributed by atoms with Crippen molar-refractivity contribution in [3.05, 3.63) is 57.2 Å². The number of hydrogen-bond donors (Lipinski definition) is 0. The van der Waals surface area contributed by atoms with Crippen LogP contribution in [0.4, 0.5) is 5.69 Å². The molecule has 146 valence electrons. The van der Waals surface area contributed by atoms with Crippen molar-refractivity contribution in [2.75, 3.05) is 0 Å². The summed E-state index contributed by atoms with van der Waals surface area (Å²) in [6.45, 7) is 5.36. The van der Waals surface area contributed by atoms with E-state index in [1.54, 1.807) is 11.6 Å². The standard InChI is InChI=1S/C18H19N5O5/c1-10-15(11(2)22(4)21-10)9-16(24)27-12(3)17-19-20-18(28-17)13-5-7-14(8-6-13)23(25)26/h5-8,12H,9H2,1-4H3. The lowest BCUT2D eigenvalue weighted by Gasteiger charge is -2.09. The molecule has 3 aromatic rings. The quantitative estimate of drug-likeness (QED) is 0.360. The zero-order valence-electron chi connectivity index (χ0n) is 15.9. The highest BCUT2D eigenvalue weighted by atomic mass is 16.6. The van der Waals surface area contributed by atoms with Crippen LogP contribution in [0.2, 0.25) is 0 Å². The molecular weight excluding hydrogens is 366 g/mol. The van der Waals surface area contributed by atoms with Crippen molar-refractivity contribution < 1.29 is 18.9 Å². The predicted molar refractivity (Wildman–Crippen MR) is 97.3 cm³/mol. The highest BCUT2D eigenvalue weighted by Crippen LogP contribution is 2.24. The van der Waals surface area contributed by atoms with Crippen molar-refractivity contribution in [1.29, 1.82) is 0 Å². The molecule has 1 unspecified atom stereocenters. The Hall–Kier alpha value is -3.56. The van der Waals surface area contributed by atoms with Crippen molar-refractivity contribution in [1.82, 2.24) is 20.0 Å². The zero-order chi connectivity index (χ0) is 20.4. The fourth-order valence-corrected chi connectivity index (χ4v) is 2.75. The van der Waals surface area contributed by atoms with Gasteiger partial charge in [-0.2, -0.15) is 5.10 Å². The predicted octanol–water partition coefficient (Wildman–Crippen LogP) is 2.84. The lowest BCUT2D eigenvalue weighted by molar-refractivity contribution is -0.384. The number of nitro groups is 1. The fraction of sp³-hybridized carbons (Fsp3) is 0.333. The lowest BCUT2D eigenvalue weighted by atomic mass is 10.1. The summed E-state index contributed by atoms with van der Waals surface area (Å²) in [4.78, 5) is 22.5. The molecule has 10 nitrogen and oxygen atoms in total. The summed E-state index contributed by atoms with van der Waals surface area (Å²) in [7, 11) is 1.82. The SMILES string of the molecule is Cc1nn(C)c(C)c1CC(=O)OC(C)c1nnc(-c2ccc([N+](=O)[O-])cc2)o1. The van der Waals surface area contributed by atoms with Crippen LogP contribution in [0, 0.1) is 24.0 Å². The van der Waals surface area contributed by atoms with Gasteiger partial charge in [0.25, 0.3) is 11.6 Å². The maximum Gasteiger partial charge on any atom is 0.311 e. The van der Waals surface area contributed by atoms with Crippen molar-refractivity contribution in [2.24, 2.45) is 7.05 Å². The molecule has 0 radical (unpaired) electrons. The molecule has 1 atom stereocenters. The Morgan fingerprint density at radius 2 is 1.96 bits per heavy atom. The molecule has 1 aromatic carbocycles. The second kappa shape index (κ2) is 7.59. The van der Waals surface area contributed by atoms with Gasteiger partial charge in [-0.05, 0) is 32.9 Å². The van der Waals surface area contributed by atoms with Gasteiger partial charge >= 0.3 is 5.97 Å². The molecule has 0 saturated heterocycles. The van der Waals surface area contributed by atoms with E-state index in [2.05, 4.69) is 15.3 Å². The Morgan fingerprint density at radius 3 is 2.54 bits per heavy atom. The minimum Gasteiger partial charge on any atom is -0.452 e. The highest BCUT2D eigenvalue weighted by molar-refractivity contribution is 5.73. The molecule has 3 rings (SSSR count). The molecule has 0 aliphatic rings. The summed E-state index contributed by atoms with van der Waals surface area (Å²) >= 11 is 0. The van der Waals surface area contributed by atoms with E-state index in [1.807, 2.05) is 20.9 Å². The molecule has 0 spiro atoms. The van der Waals surface area contributed by atoms with E-state index in [0.717, 1.165) is 17.0 Å². The molecule has 0 amide bonds. The van der Waals surface area contributed by atoms with Crippen LogP contribution in [0.15, 0.2) is 28.7 Å². The van der Waals surface area contributed by atoms with Gasteiger partial charge < -0.3 is 9.15 Å². The molecule has 0 bridgehead atoms. The normalized spacial score (nSPS) is 12.0. The molecule has 10 heteroatoms. The number of carbonyl (C=O) groups is 1. The second-order valence-electron chi connectivity index (χ2n) is 6.33. The maximum atomic E-state index is 12.3. The Balaban J connectivity index is 1.67. The Kier molecular flexibility index (Phi) is 5.21. The first-order valence-electron chi connectivity index (χ1n) is 8.53. The molecule has 2 heterocycles. The molecule has 0 aliphatic carbocycles. The Labute approximate surface area is 160 Å². The fourth-order valence-electron chi connectivity index (χ4n) is 2.75. The first-order valence-corrected chi connectivity index (χ1v) is 8.53. The molecule has 0 N–H and O–H groups in total. The van der Waals surface area contributed by atoms with Crippen LogP contribution >= 0.6 is 0 Å². The van der Waals surface area contributed by atoms with E-state index in [-0.39, 0.29) is 23.9 Å². The number of rotatable bonds is 6. The van der Waals surface area contributed by atoms with E-state index < -0.39 is 17.0 Å². The molecule has 0 fully saturated rings. The van der Waals surface area contributed by atoms with Gasteiger partial charge in [0.15, 0.2) is 6.10 Å². The number of benzene rings is 1. The lowest BCUT2D eigenvalue weighted by Crippen LogP contribution is -2.12. The average Bonchev–Trinajstić information content (AvgIpc) is 3.23. The van der Waals surface area contributed by atoms with Gasteiger partial charge in [0.1, 0.15) is 0 Å². The first-order chi connectivity index (χ1) is 13.3. The number of esters is 1. The van der Waals surface area contributed by atoms with Gasteiger partial charge in [0.05, 0.1) is 17.0 Å². The second-order valence-corrected chi connectivity index (χ2v) is 6.33. The van der Waals surface area contributed by atoms with Gasteiger partial charge in [-0.15, -0.1) is 10.2 Å². The zero-order valence-corrected chi connectivity index (χ0v) is 15.9. The number of aryl methyl sites for hydroxylation is 2. The number of aromatic nitrogens is 4. The third-order valence-corrected chi connectivity index (χ3v) is 4.40. The van der Waals surface area contributed by atoms with Crippen LogP contribution in [0.25, 0.3) is 11.5 Å². The molecule has 2 aromatic heterocycles. The van der Waals surface area contributed by atoms with E-state index >= 15 is 0 Å². The minimum absolute atomic E-state index is 0.0354. The van der Waals surface area contributed by atoms with Gasteiger partial charge in [0, 0.05) is 36.0 Å². The molecule has 0 aliphatic heterocycles. The van der Waals surface area contributed by atoms with Crippen molar-refractivity contribution >= 4 is 11.7 Å². The smallest absolute Gasteiger partial charge is 0.311 e. The number of nitro benzene ring substituents is 1. The highest BCUT2D eigenvalue weighted by Gasteiger charge is 2.21. The van der Waals surface area contributed by atoms with E-state index in [4.69, 9.17) is 9.15 Å². The van der Waals surface area contributed by atoms with Crippen LogP contribution in [0.1, 0.15) is 35.9 Å². The van der Waals surface area contributed by atoms with Crippen LogP contribution in [-0.2, 0) is 23.0 Å². The summed E-state index contributed by atoms with van der Waals surface area (Å²) in [6, 6.07) is 5.72. The van der Waals surface area contributed by atoms with Crippen LogP contribution in [0.5, 0.6) is 0 Å².